The Morgan fingerprint density at radius 2 is 2.06 bits per heavy atom. The molecule has 0 unspecified atom stereocenters. The van der Waals surface area contributed by atoms with E-state index in [4.69, 9.17) is 5.11 Å². The molecule has 1 aromatic carbocycles. The molecule has 2 N–H and O–H groups in total. The first-order valence-corrected chi connectivity index (χ1v) is 6.39. The smallest absolute Gasteiger partial charge is 0.409 e. The minimum atomic E-state index is -3.26. The molecule has 0 spiro atoms. The van der Waals surface area contributed by atoms with Crippen molar-refractivity contribution in [2.45, 2.75) is 23.0 Å². The summed E-state index contributed by atoms with van der Waals surface area (Å²) >= 11 is 0. The normalized spacial score (nSPS) is 15.8. The van der Waals surface area contributed by atoms with E-state index in [1.54, 1.807) is 0 Å². The van der Waals surface area contributed by atoms with Crippen LogP contribution in [0.3, 0.4) is 0 Å². The quantitative estimate of drug-likeness (QED) is 0.843. The van der Waals surface area contributed by atoms with E-state index in [1.165, 1.54) is 24.3 Å². The van der Waals surface area contributed by atoms with E-state index in [9.17, 15) is 13.2 Å². The summed E-state index contributed by atoms with van der Waals surface area (Å²) in [5, 5.41) is 10.4. The molecule has 6 heteroatoms. The third-order valence-electron chi connectivity index (χ3n) is 2.38. The molecule has 86 valence electrons. The molecule has 1 aromatic rings. The number of benzene rings is 1. The van der Waals surface area contributed by atoms with Crippen molar-refractivity contribution in [2.24, 2.45) is 0 Å². The predicted octanol–water partition coefficient (Wildman–Crippen LogP) is 1.71. The van der Waals surface area contributed by atoms with Crippen molar-refractivity contribution < 1.29 is 18.3 Å². The predicted molar refractivity (Wildman–Crippen MR) is 58.3 cm³/mol. The summed E-state index contributed by atoms with van der Waals surface area (Å²) in [5.41, 5.74) is 0.272. The largest absolute Gasteiger partial charge is 0.465 e. The van der Waals surface area contributed by atoms with Gasteiger partial charge in [0.05, 0.1) is 10.1 Å². The Kier molecular flexibility index (Phi) is 2.59. The second kappa shape index (κ2) is 3.79. The highest BCUT2D eigenvalue weighted by molar-refractivity contribution is 7.92. The molecular weight excluding hydrogens is 230 g/mol. The number of amides is 1. The molecule has 0 aromatic heterocycles. The number of nitrogens with one attached hydrogen (secondary N) is 1. The Morgan fingerprint density at radius 3 is 2.62 bits per heavy atom. The van der Waals surface area contributed by atoms with E-state index >= 15 is 0 Å². The standard InChI is InChI=1S/C10H11NO4S/c12-10(13)11-7-2-1-3-9(6-7)16(14,15)8-4-5-8/h1-3,6,8,11H,4-5H2,(H,12,13). The lowest BCUT2D eigenvalue weighted by molar-refractivity contribution is 0.209. The Balaban J connectivity index is 2.32. The van der Waals surface area contributed by atoms with Crippen molar-refractivity contribution in [3.05, 3.63) is 24.3 Å². The molecule has 0 aliphatic heterocycles. The molecule has 1 aliphatic rings. The van der Waals surface area contributed by atoms with Crippen LogP contribution in [-0.2, 0) is 9.84 Å². The van der Waals surface area contributed by atoms with Gasteiger partial charge in [0.15, 0.2) is 9.84 Å². The molecule has 0 bridgehead atoms. The minimum Gasteiger partial charge on any atom is -0.465 e. The van der Waals surface area contributed by atoms with Gasteiger partial charge in [-0.15, -0.1) is 0 Å². The average Bonchev–Trinajstić information content (AvgIpc) is 3.00. The van der Waals surface area contributed by atoms with Gasteiger partial charge in [-0.3, -0.25) is 5.32 Å². The number of anilines is 1. The fourth-order valence-corrected chi connectivity index (χ4v) is 3.15. The van der Waals surface area contributed by atoms with Gasteiger partial charge < -0.3 is 5.11 Å². The van der Waals surface area contributed by atoms with Crippen LogP contribution in [0.2, 0.25) is 0 Å². The molecule has 1 saturated carbocycles. The highest BCUT2D eigenvalue weighted by atomic mass is 32.2. The maximum Gasteiger partial charge on any atom is 0.409 e. The molecule has 5 nitrogen and oxygen atoms in total. The van der Waals surface area contributed by atoms with E-state index < -0.39 is 15.9 Å². The highest BCUT2D eigenvalue weighted by Gasteiger charge is 2.36. The van der Waals surface area contributed by atoms with Crippen molar-refractivity contribution in [1.29, 1.82) is 0 Å². The maximum absolute atomic E-state index is 11.9. The molecule has 0 saturated heterocycles. The number of sulfone groups is 1. The fourth-order valence-electron chi connectivity index (χ4n) is 1.45. The summed E-state index contributed by atoms with van der Waals surface area (Å²) in [6.07, 6.45) is 0.179. The number of rotatable bonds is 3. The van der Waals surface area contributed by atoms with Crippen LogP contribution in [0.5, 0.6) is 0 Å². The molecule has 0 atom stereocenters. The van der Waals surface area contributed by atoms with Gasteiger partial charge >= 0.3 is 6.09 Å². The van der Waals surface area contributed by atoms with E-state index in [1.807, 2.05) is 0 Å². The Hall–Kier alpha value is -1.56. The number of hydrogen-bond acceptors (Lipinski definition) is 3. The summed E-state index contributed by atoms with van der Waals surface area (Å²) in [6.45, 7) is 0. The van der Waals surface area contributed by atoms with Crippen molar-refractivity contribution >= 4 is 21.6 Å². The van der Waals surface area contributed by atoms with Crippen molar-refractivity contribution in [3.8, 4) is 0 Å². The number of hydrogen-bond donors (Lipinski definition) is 2. The Morgan fingerprint density at radius 1 is 1.38 bits per heavy atom. The van der Waals surface area contributed by atoms with Gasteiger partial charge in [0.25, 0.3) is 0 Å². The molecule has 1 aliphatic carbocycles. The van der Waals surface area contributed by atoms with Gasteiger partial charge in [0.1, 0.15) is 0 Å². The lowest BCUT2D eigenvalue weighted by atomic mass is 10.3. The van der Waals surface area contributed by atoms with Crippen molar-refractivity contribution in [1.82, 2.24) is 0 Å². The average molecular weight is 241 g/mol. The fraction of sp³-hybridized carbons (Fsp3) is 0.300. The van der Waals surface area contributed by atoms with Crippen LogP contribution in [-0.4, -0.2) is 24.9 Å². The topological polar surface area (TPSA) is 83.5 Å². The van der Waals surface area contributed by atoms with Crippen LogP contribution < -0.4 is 5.32 Å². The minimum absolute atomic E-state index is 0.182. The van der Waals surface area contributed by atoms with Crippen LogP contribution in [0.15, 0.2) is 29.2 Å². The summed E-state index contributed by atoms with van der Waals surface area (Å²) in [7, 11) is -3.26. The van der Waals surface area contributed by atoms with E-state index in [0.717, 1.165) is 0 Å². The van der Waals surface area contributed by atoms with E-state index in [2.05, 4.69) is 5.32 Å². The first kappa shape index (κ1) is 10.9. The second-order valence-corrected chi connectivity index (χ2v) is 5.93. The monoisotopic (exact) mass is 241 g/mol. The van der Waals surface area contributed by atoms with Gasteiger partial charge in [0, 0.05) is 5.69 Å². The number of carboxylic acid groups (broad SMARTS) is 1. The van der Waals surface area contributed by atoms with Gasteiger partial charge in [0.2, 0.25) is 0 Å². The molecule has 16 heavy (non-hydrogen) atoms. The molecule has 1 amide bonds. The van der Waals surface area contributed by atoms with Crippen molar-refractivity contribution in [2.75, 3.05) is 5.32 Å². The van der Waals surface area contributed by atoms with E-state index in [0.29, 0.717) is 12.8 Å². The van der Waals surface area contributed by atoms with Gasteiger partial charge in [-0.2, -0.15) is 0 Å². The number of carbonyl (C=O) groups is 1. The summed E-state index contributed by atoms with van der Waals surface area (Å²) in [6, 6.07) is 5.88. The second-order valence-electron chi connectivity index (χ2n) is 3.70. The highest BCUT2D eigenvalue weighted by Crippen LogP contribution is 2.34. The van der Waals surface area contributed by atoms with E-state index in [-0.39, 0.29) is 15.8 Å². The maximum atomic E-state index is 11.9. The van der Waals surface area contributed by atoms with Gasteiger partial charge in [-0.25, -0.2) is 13.2 Å². The molecular formula is C10H11NO4S. The third kappa shape index (κ3) is 2.16. The Labute approximate surface area is 93.0 Å². The van der Waals surface area contributed by atoms with Crippen LogP contribution in [0.25, 0.3) is 0 Å². The first-order valence-electron chi connectivity index (χ1n) is 4.84. The first-order chi connectivity index (χ1) is 7.50. The van der Waals surface area contributed by atoms with Gasteiger partial charge in [-0.1, -0.05) is 6.07 Å². The third-order valence-corrected chi connectivity index (χ3v) is 4.64. The lowest BCUT2D eigenvalue weighted by Crippen LogP contribution is -2.10. The zero-order valence-electron chi connectivity index (χ0n) is 8.38. The zero-order chi connectivity index (χ0) is 11.8. The molecule has 0 heterocycles. The van der Waals surface area contributed by atoms with Gasteiger partial charge in [-0.05, 0) is 31.0 Å². The van der Waals surface area contributed by atoms with Crippen LogP contribution in [0.1, 0.15) is 12.8 Å². The zero-order valence-corrected chi connectivity index (χ0v) is 9.20. The summed E-state index contributed by atoms with van der Waals surface area (Å²) in [4.78, 5) is 10.6. The van der Waals surface area contributed by atoms with Crippen LogP contribution in [0.4, 0.5) is 10.5 Å². The summed E-state index contributed by atoms with van der Waals surface area (Å²) in [5.74, 6) is 0. The molecule has 1 fully saturated rings. The van der Waals surface area contributed by atoms with Crippen LogP contribution in [0, 0.1) is 0 Å². The molecule has 2 rings (SSSR count). The lowest BCUT2D eigenvalue weighted by Gasteiger charge is -2.05. The Bertz CT molecular complexity index is 519. The summed E-state index contributed by atoms with van der Waals surface area (Å²) < 4.78 is 23.7. The SMILES string of the molecule is O=C(O)Nc1cccc(S(=O)(=O)C2CC2)c1. The van der Waals surface area contributed by atoms with Crippen LogP contribution >= 0.6 is 0 Å². The van der Waals surface area contributed by atoms with Crippen molar-refractivity contribution in [3.63, 3.8) is 0 Å². The molecule has 0 radical (unpaired) electrons.